The second-order valence-electron chi connectivity index (χ2n) is 3.98. The summed E-state index contributed by atoms with van der Waals surface area (Å²) in [7, 11) is 0. The Bertz CT molecular complexity index is 286. The van der Waals surface area contributed by atoms with E-state index >= 15 is 0 Å². The summed E-state index contributed by atoms with van der Waals surface area (Å²) in [6, 6.07) is 2.55. The van der Waals surface area contributed by atoms with Gasteiger partial charge in [-0.2, -0.15) is 16.9 Å². The Morgan fingerprint density at radius 1 is 1.47 bits per heavy atom. The van der Waals surface area contributed by atoms with Crippen LogP contribution < -0.4 is 0 Å². The van der Waals surface area contributed by atoms with E-state index in [4.69, 9.17) is 11.6 Å². The van der Waals surface area contributed by atoms with Crippen molar-refractivity contribution in [1.82, 2.24) is 9.78 Å². The van der Waals surface area contributed by atoms with E-state index in [1.807, 2.05) is 22.6 Å². The molecule has 0 fully saturated rings. The predicted molar refractivity (Wildman–Crippen MR) is 68.7 cm³/mol. The largest absolute Gasteiger partial charge is 0.270 e. The van der Waals surface area contributed by atoms with Crippen LogP contribution in [-0.4, -0.2) is 20.9 Å². The monoisotopic (exact) mass is 246 g/mol. The smallest absolute Gasteiger partial charge is 0.0723 e. The van der Waals surface area contributed by atoms with Gasteiger partial charge in [0.1, 0.15) is 0 Å². The molecule has 2 nitrogen and oxygen atoms in total. The summed E-state index contributed by atoms with van der Waals surface area (Å²) in [4.78, 5) is 0. The SMILES string of the molecule is CC(CCCl)SCc1ccn(C(C)C)n1. The molecule has 1 aromatic rings. The molecule has 0 aliphatic heterocycles. The van der Waals surface area contributed by atoms with Gasteiger partial charge in [0.25, 0.3) is 0 Å². The Hall–Kier alpha value is -0.150. The molecule has 0 spiro atoms. The second kappa shape index (κ2) is 6.44. The van der Waals surface area contributed by atoms with E-state index in [1.54, 1.807) is 0 Å². The van der Waals surface area contributed by atoms with E-state index in [-0.39, 0.29) is 0 Å². The summed E-state index contributed by atoms with van der Waals surface area (Å²) < 4.78 is 2.00. The maximum Gasteiger partial charge on any atom is 0.0723 e. The lowest BCUT2D eigenvalue weighted by atomic mass is 10.4. The molecule has 0 aliphatic rings. The van der Waals surface area contributed by atoms with Crippen LogP contribution in [-0.2, 0) is 5.75 Å². The Balaban J connectivity index is 2.37. The topological polar surface area (TPSA) is 17.8 Å². The summed E-state index contributed by atoms with van der Waals surface area (Å²) in [5, 5.41) is 5.12. The third kappa shape index (κ3) is 4.47. The number of thioether (sulfide) groups is 1. The van der Waals surface area contributed by atoms with Gasteiger partial charge in [-0.05, 0) is 26.3 Å². The first-order chi connectivity index (χ1) is 7.13. The van der Waals surface area contributed by atoms with Crippen molar-refractivity contribution in [2.24, 2.45) is 0 Å². The van der Waals surface area contributed by atoms with E-state index in [2.05, 4.69) is 31.9 Å². The Morgan fingerprint density at radius 3 is 2.73 bits per heavy atom. The van der Waals surface area contributed by atoms with Gasteiger partial charge in [-0.1, -0.05) is 6.92 Å². The molecule has 1 unspecified atom stereocenters. The molecule has 0 N–H and O–H groups in total. The second-order valence-corrected chi connectivity index (χ2v) is 5.78. The van der Waals surface area contributed by atoms with Gasteiger partial charge in [0, 0.05) is 29.1 Å². The van der Waals surface area contributed by atoms with Crippen LogP contribution in [0.15, 0.2) is 12.3 Å². The molecule has 15 heavy (non-hydrogen) atoms. The molecule has 0 saturated heterocycles. The molecule has 0 bridgehead atoms. The molecule has 0 aliphatic carbocycles. The van der Waals surface area contributed by atoms with Crippen molar-refractivity contribution < 1.29 is 0 Å². The summed E-state index contributed by atoms with van der Waals surface area (Å²) in [6.07, 6.45) is 3.11. The maximum absolute atomic E-state index is 5.69. The fraction of sp³-hybridized carbons (Fsp3) is 0.727. The number of hydrogen-bond acceptors (Lipinski definition) is 2. The number of nitrogens with zero attached hydrogens (tertiary/aromatic N) is 2. The van der Waals surface area contributed by atoms with Crippen molar-refractivity contribution >= 4 is 23.4 Å². The van der Waals surface area contributed by atoms with E-state index < -0.39 is 0 Å². The molecule has 1 atom stereocenters. The van der Waals surface area contributed by atoms with Crippen molar-refractivity contribution in [1.29, 1.82) is 0 Å². The summed E-state index contributed by atoms with van der Waals surface area (Å²) >= 11 is 7.61. The number of hydrogen-bond donors (Lipinski definition) is 0. The van der Waals surface area contributed by atoms with Crippen LogP contribution in [0.5, 0.6) is 0 Å². The standard InChI is InChI=1S/C11H19ClN2S/c1-9(2)14-7-5-11(13-14)8-15-10(3)4-6-12/h5,7,9-10H,4,6,8H2,1-3H3. The highest BCUT2D eigenvalue weighted by molar-refractivity contribution is 7.99. The van der Waals surface area contributed by atoms with Gasteiger partial charge < -0.3 is 0 Å². The van der Waals surface area contributed by atoms with Crippen LogP contribution in [0.3, 0.4) is 0 Å². The number of aromatic nitrogens is 2. The van der Waals surface area contributed by atoms with Crippen molar-refractivity contribution in [3.63, 3.8) is 0 Å². The number of rotatable bonds is 6. The molecule has 1 rings (SSSR count). The van der Waals surface area contributed by atoms with Crippen LogP contribution in [0.4, 0.5) is 0 Å². The van der Waals surface area contributed by atoms with Gasteiger partial charge in [-0.25, -0.2) is 0 Å². The van der Waals surface area contributed by atoms with Gasteiger partial charge in [0.2, 0.25) is 0 Å². The fourth-order valence-corrected chi connectivity index (χ4v) is 2.56. The first-order valence-electron chi connectivity index (χ1n) is 5.35. The number of alkyl halides is 1. The zero-order chi connectivity index (χ0) is 11.3. The van der Waals surface area contributed by atoms with Crippen molar-refractivity contribution in [2.45, 2.75) is 44.2 Å². The summed E-state index contributed by atoms with van der Waals surface area (Å²) in [6.45, 7) is 6.49. The molecule has 1 heterocycles. The quantitative estimate of drug-likeness (QED) is 0.712. The van der Waals surface area contributed by atoms with E-state index in [0.717, 1.165) is 23.7 Å². The molecular formula is C11H19ClN2S. The maximum atomic E-state index is 5.69. The molecule has 0 radical (unpaired) electrons. The van der Waals surface area contributed by atoms with E-state index in [9.17, 15) is 0 Å². The molecular weight excluding hydrogens is 228 g/mol. The summed E-state index contributed by atoms with van der Waals surface area (Å²) in [5.41, 5.74) is 1.16. The van der Waals surface area contributed by atoms with E-state index in [1.165, 1.54) is 0 Å². The molecule has 0 amide bonds. The lowest BCUT2D eigenvalue weighted by molar-refractivity contribution is 0.528. The lowest BCUT2D eigenvalue weighted by Crippen LogP contribution is -2.02. The minimum Gasteiger partial charge on any atom is -0.270 e. The minimum absolute atomic E-state index is 0.448. The Labute approximate surface area is 101 Å². The van der Waals surface area contributed by atoms with Crippen LogP contribution in [0.1, 0.15) is 38.9 Å². The highest BCUT2D eigenvalue weighted by Crippen LogP contribution is 2.19. The number of halogens is 1. The van der Waals surface area contributed by atoms with Crippen molar-refractivity contribution in [3.05, 3.63) is 18.0 Å². The zero-order valence-corrected chi connectivity index (χ0v) is 11.2. The van der Waals surface area contributed by atoms with Gasteiger partial charge in [-0.3, -0.25) is 4.68 Å². The highest BCUT2D eigenvalue weighted by Gasteiger charge is 2.05. The summed E-state index contributed by atoms with van der Waals surface area (Å²) in [5.74, 6) is 1.73. The average Bonchev–Trinajstić information content (AvgIpc) is 2.63. The molecule has 86 valence electrons. The molecule has 0 saturated carbocycles. The first-order valence-corrected chi connectivity index (χ1v) is 6.93. The third-order valence-corrected chi connectivity index (χ3v) is 3.71. The Kier molecular flexibility index (Phi) is 5.54. The van der Waals surface area contributed by atoms with Crippen molar-refractivity contribution in [2.75, 3.05) is 5.88 Å². The molecule has 1 aromatic heterocycles. The van der Waals surface area contributed by atoms with Gasteiger partial charge in [0.15, 0.2) is 0 Å². The normalized spacial score (nSPS) is 13.4. The van der Waals surface area contributed by atoms with Gasteiger partial charge in [0.05, 0.1) is 5.69 Å². The molecule has 0 aromatic carbocycles. The van der Waals surface area contributed by atoms with Crippen LogP contribution in [0, 0.1) is 0 Å². The van der Waals surface area contributed by atoms with Gasteiger partial charge >= 0.3 is 0 Å². The average molecular weight is 247 g/mol. The van der Waals surface area contributed by atoms with Crippen LogP contribution in [0.25, 0.3) is 0 Å². The van der Waals surface area contributed by atoms with E-state index in [0.29, 0.717) is 11.3 Å². The van der Waals surface area contributed by atoms with Crippen LogP contribution in [0.2, 0.25) is 0 Å². The fourth-order valence-electron chi connectivity index (χ4n) is 1.21. The predicted octanol–water partition coefficient (Wildman–Crippen LogP) is 3.71. The highest BCUT2D eigenvalue weighted by atomic mass is 35.5. The van der Waals surface area contributed by atoms with Gasteiger partial charge in [-0.15, -0.1) is 11.6 Å². The first kappa shape index (κ1) is 12.9. The third-order valence-electron chi connectivity index (χ3n) is 2.22. The van der Waals surface area contributed by atoms with Crippen LogP contribution >= 0.6 is 23.4 Å². The van der Waals surface area contributed by atoms with Crippen molar-refractivity contribution in [3.8, 4) is 0 Å². The lowest BCUT2D eigenvalue weighted by Gasteiger charge is -2.07. The molecule has 4 heteroatoms. The zero-order valence-electron chi connectivity index (χ0n) is 9.61. The minimum atomic E-state index is 0.448. The Morgan fingerprint density at radius 2 is 2.20 bits per heavy atom.